The Morgan fingerprint density at radius 2 is 0.487 bits per heavy atom. The number of hydrogen-bond acceptors (Lipinski definition) is 6. The van der Waals surface area contributed by atoms with Gasteiger partial charge in [-0.15, -0.1) is 0 Å². The summed E-state index contributed by atoms with van der Waals surface area (Å²) in [7, 11) is 0. The van der Waals surface area contributed by atoms with Crippen LogP contribution in [0.15, 0.2) is 48.6 Å². The molecule has 0 fully saturated rings. The molecule has 0 N–H and O–H groups in total. The van der Waals surface area contributed by atoms with Crippen LogP contribution in [0.1, 0.15) is 387 Å². The van der Waals surface area contributed by atoms with Crippen molar-refractivity contribution in [3.05, 3.63) is 48.6 Å². The Hall–Kier alpha value is -2.63. The van der Waals surface area contributed by atoms with Gasteiger partial charge in [-0.3, -0.25) is 14.4 Å². The van der Waals surface area contributed by atoms with Crippen molar-refractivity contribution in [3.63, 3.8) is 0 Å². The molecule has 0 aromatic heterocycles. The Balaban J connectivity index is 4.23. The molecule has 0 aliphatic rings. The van der Waals surface area contributed by atoms with E-state index in [0.717, 1.165) is 83.5 Å². The van der Waals surface area contributed by atoms with E-state index < -0.39 is 6.10 Å². The summed E-state index contributed by atoms with van der Waals surface area (Å²) in [6, 6.07) is 0. The van der Waals surface area contributed by atoms with Crippen molar-refractivity contribution in [2.45, 2.75) is 393 Å². The van der Waals surface area contributed by atoms with E-state index in [-0.39, 0.29) is 31.1 Å². The molecule has 6 heteroatoms. The third-order valence-corrected chi connectivity index (χ3v) is 16.1. The number of allylic oxidation sites excluding steroid dienone is 8. The Morgan fingerprint density at radius 3 is 0.762 bits per heavy atom. The van der Waals surface area contributed by atoms with Crippen LogP contribution in [0.5, 0.6) is 0 Å². The average Bonchev–Trinajstić information content (AvgIpc) is 3.46. The normalized spacial score (nSPS) is 12.3. The summed E-state index contributed by atoms with van der Waals surface area (Å²) in [5, 5.41) is 0. The van der Waals surface area contributed by atoms with Gasteiger partial charge in [-0.2, -0.15) is 0 Å². The van der Waals surface area contributed by atoms with Crippen molar-refractivity contribution in [2.24, 2.45) is 0 Å². The predicted molar refractivity (Wildman–Crippen MR) is 349 cm³/mol. The number of rotatable bonds is 66. The van der Waals surface area contributed by atoms with Crippen LogP contribution in [0.2, 0.25) is 0 Å². The van der Waals surface area contributed by atoms with Crippen molar-refractivity contribution in [1.29, 1.82) is 0 Å². The van der Waals surface area contributed by atoms with Crippen LogP contribution in [0.3, 0.4) is 0 Å². The fourth-order valence-corrected chi connectivity index (χ4v) is 10.8. The molecule has 0 saturated carbocycles. The molecule has 0 rings (SSSR count). The monoisotopic (exact) mass is 1120 g/mol. The number of carbonyl (C=O) groups is 3. The van der Waals surface area contributed by atoms with Crippen LogP contribution in [0, 0.1) is 0 Å². The second kappa shape index (κ2) is 68.9. The number of esters is 3. The maximum Gasteiger partial charge on any atom is 0.306 e. The number of hydrogen-bond donors (Lipinski definition) is 0. The zero-order valence-electron chi connectivity index (χ0n) is 53.9. The summed E-state index contributed by atoms with van der Waals surface area (Å²) < 4.78 is 17.0. The van der Waals surface area contributed by atoms with Crippen LogP contribution < -0.4 is 0 Å². The summed E-state index contributed by atoms with van der Waals surface area (Å²) in [6.45, 7) is 6.60. The molecule has 0 spiro atoms. The van der Waals surface area contributed by atoms with E-state index in [0.29, 0.717) is 19.3 Å². The van der Waals surface area contributed by atoms with Gasteiger partial charge in [0.1, 0.15) is 13.2 Å². The van der Waals surface area contributed by atoms with Gasteiger partial charge in [0.05, 0.1) is 0 Å². The molecule has 1 atom stereocenters. The summed E-state index contributed by atoms with van der Waals surface area (Å²) >= 11 is 0. The lowest BCUT2D eigenvalue weighted by molar-refractivity contribution is -0.167. The van der Waals surface area contributed by atoms with Gasteiger partial charge < -0.3 is 14.2 Å². The van der Waals surface area contributed by atoms with Crippen LogP contribution in [-0.4, -0.2) is 37.2 Å². The fourth-order valence-electron chi connectivity index (χ4n) is 10.8. The molecule has 1 unspecified atom stereocenters. The van der Waals surface area contributed by atoms with Gasteiger partial charge in [-0.05, 0) is 57.8 Å². The van der Waals surface area contributed by atoms with Gasteiger partial charge >= 0.3 is 17.9 Å². The molecule has 0 aliphatic carbocycles. The van der Waals surface area contributed by atoms with E-state index >= 15 is 0 Å². The Labute approximate surface area is 498 Å². The summed E-state index contributed by atoms with van der Waals surface area (Å²) in [4.78, 5) is 38.4. The van der Waals surface area contributed by atoms with Crippen molar-refractivity contribution < 1.29 is 28.6 Å². The summed E-state index contributed by atoms with van der Waals surface area (Å²) in [5.74, 6) is -0.839. The molecule has 0 aromatic carbocycles. The standard InChI is InChI=1S/C74H136O6/c1-4-7-10-13-16-19-22-25-27-29-31-33-35-37-39-40-42-44-46-49-52-55-58-61-64-67-73(76)79-70-71(69-78-72(75)66-63-60-57-54-51-48-24-21-18-15-12-9-6-3)80-74(77)68-65-62-59-56-53-50-47-45-43-41-38-36-34-32-30-28-26-23-20-17-14-11-8-5-2/h7,10,16,19,25,27,31,33,71H,4-6,8-9,11-15,17-18,20-24,26,28-30,32,34-70H2,1-3H3/b10-7-,19-16-,27-25-,33-31-. The Bertz CT molecular complexity index is 1380. The molecule has 80 heavy (non-hydrogen) atoms. The topological polar surface area (TPSA) is 78.9 Å². The molecule has 0 bridgehead atoms. The minimum Gasteiger partial charge on any atom is -0.462 e. The van der Waals surface area contributed by atoms with E-state index in [1.54, 1.807) is 0 Å². The maximum absolute atomic E-state index is 13.0. The van der Waals surface area contributed by atoms with E-state index in [2.05, 4.69) is 69.4 Å². The lowest BCUT2D eigenvalue weighted by Crippen LogP contribution is -2.30. The van der Waals surface area contributed by atoms with Crippen LogP contribution in [0.25, 0.3) is 0 Å². The summed E-state index contributed by atoms with van der Waals surface area (Å²) in [5.41, 5.74) is 0. The minimum absolute atomic E-state index is 0.0670. The average molecular weight is 1120 g/mol. The lowest BCUT2D eigenvalue weighted by Gasteiger charge is -2.18. The predicted octanol–water partition coefficient (Wildman–Crippen LogP) is 24.5. The second-order valence-electron chi connectivity index (χ2n) is 24.1. The van der Waals surface area contributed by atoms with Crippen molar-refractivity contribution >= 4 is 17.9 Å². The van der Waals surface area contributed by atoms with Gasteiger partial charge in [0.15, 0.2) is 6.10 Å². The highest BCUT2D eigenvalue weighted by molar-refractivity contribution is 5.71. The number of unbranched alkanes of at least 4 members (excludes halogenated alkanes) is 47. The molecular formula is C74H136O6. The van der Waals surface area contributed by atoms with Crippen molar-refractivity contribution in [3.8, 4) is 0 Å². The highest BCUT2D eigenvalue weighted by atomic mass is 16.6. The first-order chi connectivity index (χ1) is 39.5. The summed E-state index contributed by atoms with van der Waals surface area (Å²) in [6.07, 6.45) is 87.1. The number of carbonyl (C=O) groups excluding carboxylic acids is 3. The van der Waals surface area contributed by atoms with Crippen LogP contribution in [-0.2, 0) is 28.6 Å². The first kappa shape index (κ1) is 77.4. The van der Waals surface area contributed by atoms with Crippen LogP contribution >= 0.6 is 0 Å². The van der Waals surface area contributed by atoms with Gasteiger partial charge in [0.25, 0.3) is 0 Å². The fraction of sp³-hybridized carbons (Fsp3) is 0.851. The maximum atomic E-state index is 13.0. The smallest absolute Gasteiger partial charge is 0.306 e. The van der Waals surface area contributed by atoms with Gasteiger partial charge in [0.2, 0.25) is 0 Å². The SMILES string of the molecule is CC/C=C\C/C=C\C/C=C\C/C=C\CCCCCCCCCCCCCCC(=O)OCC(COC(=O)CCCCCCCCCCCCCCC)OC(=O)CCCCCCCCCCCCCCCCCCCCCCCCCC. The zero-order valence-corrected chi connectivity index (χ0v) is 53.9. The molecule has 0 radical (unpaired) electrons. The second-order valence-corrected chi connectivity index (χ2v) is 24.1. The molecule has 0 aromatic rings. The first-order valence-electron chi connectivity index (χ1n) is 35.6. The van der Waals surface area contributed by atoms with Gasteiger partial charge in [-0.1, -0.05) is 358 Å². The third kappa shape index (κ3) is 66.2. The molecule has 6 nitrogen and oxygen atoms in total. The number of ether oxygens (including phenoxy) is 3. The Morgan fingerprint density at radius 1 is 0.263 bits per heavy atom. The third-order valence-electron chi connectivity index (χ3n) is 16.1. The van der Waals surface area contributed by atoms with Crippen molar-refractivity contribution in [2.75, 3.05) is 13.2 Å². The van der Waals surface area contributed by atoms with E-state index in [1.165, 1.54) is 263 Å². The zero-order chi connectivity index (χ0) is 57.8. The molecule has 0 amide bonds. The highest BCUT2D eigenvalue weighted by Crippen LogP contribution is 2.19. The van der Waals surface area contributed by atoms with Gasteiger partial charge in [0, 0.05) is 19.3 Å². The minimum atomic E-state index is -0.771. The lowest BCUT2D eigenvalue weighted by atomic mass is 10.0. The molecule has 0 aliphatic heterocycles. The molecule has 0 heterocycles. The quantitative estimate of drug-likeness (QED) is 0.0261. The van der Waals surface area contributed by atoms with E-state index in [4.69, 9.17) is 14.2 Å². The largest absolute Gasteiger partial charge is 0.462 e. The van der Waals surface area contributed by atoms with Crippen molar-refractivity contribution in [1.82, 2.24) is 0 Å². The van der Waals surface area contributed by atoms with E-state index in [9.17, 15) is 14.4 Å². The Kier molecular flexibility index (Phi) is 66.6. The first-order valence-corrected chi connectivity index (χ1v) is 35.6. The molecular weight excluding hydrogens is 985 g/mol. The molecule has 0 saturated heterocycles. The van der Waals surface area contributed by atoms with Gasteiger partial charge in [-0.25, -0.2) is 0 Å². The highest BCUT2D eigenvalue weighted by Gasteiger charge is 2.19. The van der Waals surface area contributed by atoms with E-state index in [1.807, 2.05) is 0 Å². The van der Waals surface area contributed by atoms with Crippen LogP contribution in [0.4, 0.5) is 0 Å². The molecule has 468 valence electrons.